The maximum absolute atomic E-state index is 12.3. The minimum atomic E-state index is -0.440. The maximum atomic E-state index is 12.3. The molecule has 3 rings (SSSR count). The third-order valence-corrected chi connectivity index (χ3v) is 4.51. The molecule has 0 unspecified atom stereocenters. The first kappa shape index (κ1) is 18.0. The van der Waals surface area contributed by atoms with Gasteiger partial charge < -0.3 is 14.7 Å². The van der Waals surface area contributed by atoms with E-state index in [9.17, 15) is 14.7 Å². The van der Waals surface area contributed by atoms with Crippen molar-refractivity contribution in [3.8, 4) is 11.5 Å². The number of ether oxygens (including phenoxy) is 1. The number of nitrogens with one attached hydrogen (secondary N) is 1. The predicted molar refractivity (Wildman–Crippen MR) is 101 cm³/mol. The van der Waals surface area contributed by atoms with Crippen LogP contribution >= 0.6 is 15.9 Å². The highest BCUT2D eigenvalue weighted by Gasteiger charge is 2.27. The Bertz CT molecular complexity index is 924. The molecule has 2 amide bonds. The lowest BCUT2D eigenvalue weighted by molar-refractivity contribution is -0.114. The van der Waals surface area contributed by atoms with E-state index in [4.69, 9.17) is 4.74 Å². The fraction of sp³-hybridized carbons (Fsp3) is 0.158. The Morgan fingerprint density at radius 2 is 1.92 bits per heavy atom. The fourth-order valence-corrected chi connectivity index (χ4v) is 3.17. The molecule has 1 aliphatic rings. The molecule has 2 N–H and O–H groups in total. The monoisotopic (exact) mass is 416 g/mol. The van der Waals surface area contributed by atoms with Gasteiger partial charge in [-0.25, -0.2) is 0 Å². The predicted octanol–water partition coefficient (Wildman–Crippen LogP) is 2.91. The van der Waals surface area contributed by atoms with Crippen molar-refractivity contribution >= 4 is 33.3 Å². The van der Waals surface area contributed by atoms with Crippen LogP contribution in [0.2, 0.25) is 0 Å². The number of rotatable bonds is 4. The lowest BCUT2D eigenvalue weighted by Crippen LogP contribution is -2.37. The van der Waals surface area contributed by atoms with E-state index in [1.807, 2.05) is 18.0 Å². The molecule has 0 saturated carbocycles. The molecule has 0 saturated heterocycles. The SMILES string of the molecule is COc1ccc(CN(C)C=C2C(=O)NC(=O)c3ccc(Br)cc32)cc1O. The van der Waals surface area contributed by atoms with Gasteiger partial charge in [-0.15, -0.1) is 0 Å². The van der Waals surface area contributed by atoms with Gasteiger partial charge in [0.25, 0.3) is 11.8 Å². The van der Waals surface area contributed by atoms with E-state index in [1.165, 1.54) is 7.11 Å². The van der Waals surface area contributed by atoms with Crippen LogP contribution in [0.3, 0.4) is 0 Å². The molecule has 0 spiro atoms. The number of phenols is 1. The van der Waals surface area contributed by atoms with Crippen molar-refractivity contribution in [2.24, 2.45) is 0 Å². The number of benzene rings is 2. The highest BCUT2D eigenvalue weighted by molar-refractivity contribution is 9.10. The van der Waals surface area contributed by atoms with Crippen LogP contribution in [-0.4, -0.2) is 36.0 Å². The molecular weight excluding hydrogens is 400 g/mol. The van der Waals surface area contributed by atoms with E-state index in [-0.39, 0.29) is 5.75 Å². The molecule has 0 fully saturated rings. The average Bonchev–Trinajstić information content (AvgIpc) is 2.58. The van der Waals surface area contributed by atoms with Crippen molar-refractivity contribution < 1.29 is 19.4 Å². The van der Waals surface area contributed by atoms with Gasteiger partial charge in [0.1, 0.15) is 0 Å². The second-order valence-corrected chi connectivity index (χ2v) is 6.85. The fourth-order valence-electron chi connectivity index (χ4n) is 2.81. The lowest BCUT2D eigenvalue weighted by Gasteiger charge is -2.22. The van der Waals surface area contributed by atoms with Gasteiger partial charge in [-0.2, -0.15) is 0 Å². The summed E-state index contributed by atoms with van der Waals surface area (Å²) in [7, 11) is 3.31. The third-order valence-electron chi connectivity index (χ3n) is 4.01. The zero-order valence-electron chi connectivity index (χ0n) is 14.2. The molecule has 2 aromatic rings. The number of hydrogen-bond donors (Lipinski definition) is 2. The van der Waals surface area contributed by atoms with Gasteiger partial charge in [0.05, 0.1) is 12.7 Å². The highest BCUT2D eigenvalue weighted by Crippen LogP contribution is 2.29. The van der Waals surface area contributed by atoms with Crippen LogP contribution in [0.15, 0.2) is 47.1 Å². The normalized spacial score (nSPS) is 14.8. The number of imide groups is 1. The number of fused-ring (bicyclic) bond motifs is 1. The zero-order chi connectivity index (χ0) is 18.8. The Morgan fingerprint density at radius 1 is 1.15 bits per heavy atom. The number of carbonyl (C=O) groups is 2. The van der Waals surface area contributed by atoms with Crippen molar-refractivity contribution in [2.45, 2.75) is 6.54 Å². The summed E-state index contributed by atoms with van der Waals surface area (Å²) in [6.45, 7) is 0.464. The summed E-state index contributed by atoms with van der Waals surface area (Å²) in [5.41, 5.74) is 2.29. The Morgan fingerprint density at radius 3 is 2.62 bits per heavy atom. The third kappa shape index (κ3) is 3.57. The highest BCUT2D eigenvalue weighted by atomic mass is 79.9. The van der Waals surface area contributed by atoms with E-state index >= 15 is 0 Å². The number of nitrogens with zero attached hydrogens (tertiary/aromatic N) is 1. The molecule has 26 heavy (non-hydrogen) atoms. The molecule has 0 aliphatic carbocycles. The van der Waals surface area contributed by atoms with Gasteiger partial charge in [0.2, 0.25) is 0 Å². The number of aromatic hydroxyl groups is 1. The summed E-state index contributed by atoms with van der Waals surface area (Å²) in [6.07, 6.45) is 1.69. The molecule has 0 aromatic heterocycles. The lowest BCUT2D eigenvalue weighted by atomic mass is 9.95. The molecule has 7 heteroatoms. The molecular formula is C19H17BrN2O4. The number of amides is 2. The summed E-state index contributed by atoms with van der Waals surface area (Å²) in [6, 6.07) is 10.3. The summed E-state index contributed by atoms with van der Waals surface area (Å²) < 4.78 is 5.82. The Hall–Kier alpha value is -2.80. The van der Waals surface area contributed by atoms with Gasteiger partial charge in [-0.3, -0.25) is 14.9 Å². The molecule has 6 nitrogen and oxygen atoms in total. The van der Waals surface area contributed by atoms with Gasteiger partial charge in [-0.1, -0.05) is 22.0 Å². The Kier molecular flexibility index (Phi) is 4.99. The van der Waals surface area contributed by atoms with Gasteiger partial charge in [-0.05, 0) is 35.9 Å². The summed E-state index contributed by atoms with van der Waals surface area (Å²) in [4.78, 5) is 26.1. The van der Waals surface area contributed by atoms with Crippen molar-refractivity contribution in [3.05, 3.63) is 63.8 Å². The van der Waals surface area contributed by atoms with Gasteiger partial charge in [0.15, 0.2) is 11.5 Å². The van der Waals surface area contributed by atoms with Crippen LogP contribution in [0, 0.1) is 0 Å². The molecule has 0 radical (unpaired) electrons. The minimum absolute atomic E-state index is 0.0568. The number of phenolic OH excluding ortho intramolecular Hbond substituents is 1. The largest absolute Gasteiger partial charge is 0.504 e. The first-order valence-corrected chi connectivity index (χ1v) is 8.62. The number of methoxy groups -OCH3 is 1. The molecule has 134 valence electrons. The standard InChI is InChI=1S/C19H17BrN2O4/c1-22(9-11-3-6-17(26-2)16(23)7-11)10-15-14-8-12(20)4-5-13(14)18(24)21-19(15)25/h3-8,10,23H,9H2,1-2H3,(H,21,24,25). The average molecular weight is 417 g/mol. The van der Waals surface area contributed by atoms with Crippen molar-refractivity contribution in [3.63, 3.8) is 0 Å². The molecule has 1 aliphatic heterocycles. The van der Waals surface area contributed by atoms with E-state index in [0.29, 0.717) is 29.0 Å². The van der Waals surface area contributed by atoms with Crippen LogP contribution in [0.1, 0.15) is 21.5 Å². The molecule has 0 bridgehead atoms. The second kappa shape index (κ2) is 7.21. The Balaban J connectivity index is 1.90. The van der Waals surface area contributed by atoms with Crippen LogP contribution in [0.4, 0.5) is 0 Å². The smallest absolute Gasteiger partial charge is 0.260 e. The van der Waals surface area contributed by atoms with E-state index in [1.54, 1.807) is 36.5 Å². The first-order chi connectivity index (χ1) is 12.4. The maximum Gasteiger partial charge on any atom is 0.260 e. The van der Waals surface area contributed by atoms with E-state index in [2.05, 4.69) is 21.2 Å². The second-order valence-electron chi connectivity index (χ2n) is 5.94. The molecule has 2 aromatic carbocycles. The summed E-state index contributed by atoms with van der Waals surface area (Å²) in [5, 5.41) is 12.2. The van der Waals surface area contributed by atoms with Gasteiger partial charge >= 0.3 is 0 Å². The number of halogens is 1. The zero-order valence-corrected chi connectivity index (χ0v) is 15.8. The summed E-state index contributed by atoms with van der Waals surface area (Å²) >= 11 is 3.38. The topological polar surface area (TPSA) is 78.9 Å². The first-order valence-electron chi connectivity index (χ1n) is 7.82. The molecule has 1 heterocycles. The Labute approximate surface area is 159 Å². The van der Waals surface area contributed by atoms with Crippen molar-refractivity contribution in [1.82, 2.24) is 10.2 Å². The van der Waals surface area contributed by atoms with Crippen LogP contribution in [0.5, 0.6) is 11.5 Å². The van der Waals surface area contributed by atoms with Crippen LogP contribution in [-0.2, 0) is 11.3 Å². The quantitative estimate of drug-likeness (QED) is 0.591. The minimum Gasteiger partial charge on any atom is -0.504 e. The van der Waals surface area contributed by atoms with E-state index < -0.39 is 11.8 Å². The number of carbonyl (C=O) groups excluding carboxylic acids is 2. The van der Waals surface area contributed by atoms with Crippen LogP contribution < -0.4 is 10.1 Å². The van der Waals surface area contributed by atoms with E-state index in [0.717, 1.165) is 10.0 Å². The van der Waals surface area contributed by atoms with Crippen molar-refractivity contribution in [2.75, 3.05) is 14.2 Å². The summed E-state index contributed by atoms with van der Waals surface area (Å²) in [5.74, 6) is -0.387. The number of hydrogen-bond acceptors (Lipinski definition) is 5. The van der Waals surface area contributed by atoms with Gasteiger partial charge in [0, 0.05) is 35.4 Å². The molecule has 0 atom stereocenters. The van der Waals surface area contributed by atoms with Crippen LogP contribution in [0.25, 0.3) is 5.57 Å². The van der Waals surface area contributed by atoms with Crippen molar-refractivity contribution in [1.29, 1.82) is 0 Å².